The maximum Gasteiger partial charge on any atom is 0.0782 e. The van der Waals surface area contributed by atoms with E-state index >= 15 is 0 Å². The van der Waals surface area contributed by atoms with Gasteiger partial charge in [0.25, 0.3) is 0 Å². The number of hydrogen-bond donors (Lipinski definition) is 0. The lowest BCUT2D eigenvalue weighted by molar-refractivity contribution is -0.888. The van der Waals surface area contributed by atoms with Crippen LogP contribution in [-0.2, 0) is 0 Å². The van der Waals surface area contributed by atoms with Gasteiger partial charge < -0.3 is 9.38 Å². The summed E-state index contributed by atoms with van der Waals surface area (Å²) in [5, 5.41) is 0. The van der Waals surface area contributed by atoms with Crippen LogP contribution in [0.4, 0.5) is 0 Å². The highest BCUT2D eigenvalue weighted by atomic mass is 15.3. The summed E-state index contributed by atoms with van der Waals surface area (Å²) in [6.07, 6.45) is 5.57. The third-order valence-electron chi connectivity index (χ3n) is 3.74. The molecular weight excluding hydrogens is 196 g/mol. The van der Waals surface area contributed by atoms with Gasteiger partial charge in [-0.15, -0.1) is 0 Å². The van der Waals surface area contributed by atoms with Crippen LogP contribution >= 0.6 is 0 Å². The molecule has 0 saturated heterocycles. The van der Waals surface area contributed by atoms with Gasteiger partial charge in [0.2, 0.25) is 0 Å². The van der Waals surface area contributed by atoms with Gasteiger partial charge in [0.1, 0.15) is 0 Å². The van der Waals surface area contributed by atoms with Crippen molar-refractivity contribution in [1.29, 1.82) is 0 Å². The number of hydrogen-bond acceptors (Lipinski definition) is 1. The van der Waals surface area contributed by atoms with E-state index in [0.29, 0.717) is 0 Å². The van der Waals surface area contributed by atoms with Crippen molar-refractivity contribution in [3.8, 4) is 0 Å². The predicted octanol–water partition coefficient (Wildman–Crippen LogP) is 2.98. The minimum Gasteiger partial charge on any atom is -0.329 e. The first kappa shape index (κ1) is 15.9. The maximum atomic E-state index is 2.52. The van der Waals surface area contributed by atoms with E-state index in [1.165, 1.54) is 62.9 Å². The van der Waals surface area contributed by atoms with Crippen molar-refractivity contribution in [3.05, 3.63) is 0 Å². The second kappa shape index (κ2) is 9.00. The predicted molar refractivity (Wildman–Crippen MR) is 73.8 cm³/mol. The average molecular weight is 229 g/mol. The molecular formula is C14H33N2+. The van der Waals surface area contributed by atoms with Gasteiger partial charge in [0.05, 0.1) is 27.2 Å². The van der Waals surface area contributed by atoms with Gasteiger partial charge >= 0.3 is 0 Å². The van der Waals surface area contributed by atoms with Crippen LogP contribution in [0, 0.1) is 0 Å². The van der Waals surface area contributed by atoms with Crippen LogP contribution in [0.3, 0.4) is 0 Å². The Labute approximate surface area is 103 Å². The summed E-state index contributed by atoms with van der Waals surface area (Å²) < 4.78 is 1.18. The summed E-state index contributed by atoms with van der Waals surface area (Å²) in [4.78, 5) is 2.52. The van der Waals surface area contributed by atoms with Crippen LogP contribution in [-0.4, -0.2) is 56.2 Å². The van der Waals surface area contributed by atoms with Crippen molar-refractivity contribution >= 4 is 0 Å². The molecule has 0 aromatic rings. The normalized spacial score (nSPS) is 12.4. The SMILES string of the molecule is CCN(CC)CCCCCC[N+](C)(C)CC. The highest BCUT2D eigenvalue weighted by molar-refractivity contribution is 4.52. The van der Waals surface area contributed by atoms with Gasteiger partial charge in [-0.25, -0.2) is 0 Å². The minimum atomic E-state index is 1.18. The average Bonchev–Trinajstić information content (AvgIpc) is 2.28. The van der Waals surface area contributed by atoms with E-state index < -0.39 is 0 Å². The van der Waals surface area contributed by atoms with E-state index in [0.717, 1.165) is 0 Å². The quantitative estimate of drug-likeness (QED) is 0.411. The van der Waals surface area contributed by atoms with Gasteiger partial charge in [-0.2, -0.15) is 0 Å². The molecule has 0 amide bonds. The fourth-order valence-electron chi connectivity index (χ4n) is 1.93. The van der Waals surface area contributed by atoms with Crippen molar-refractivity contribution in [2.45, 2.75) is 46.5 Å². The first-order chi connectivity index (χ1) is 7.55. The van der Waals surface area contributed by atoms with Gasteiger partial charge in [-0.3, -0.25) is 0 Å². The number of unbranched alkanes of at least 4 members (excludes halogenated alkanes) is 3. The number of quaternary nitrogens is 1. The fraction of sp³-hybridized carbons (Fsp3) is 1.00. The molecule has 0 aliphatic rings. The third-order valence-corrected chi connectivity index (χ3v) is 3.74. The zero-order valence-electron chi connectivity index (χ0n) is 12.3. The van der Waals surface area contributed by atoms with Crippen molar-refractivity contribution in [1.82, 2.24) is 4.90 Å². The number of nitrogens with zero attached hydrogens (tertiary/aromatic N) is 2. The van der Waals surface area contributed by atoms with E-state index in [2.05, 4.69) is 39.8 Å². The zero-order chi connectivity index (χ0) is 12.4. The van der Waals surface area contributed by atoms with Crippen molar-refractivity contribution < 1.29 is 4.48 Å². The molecule has 0 saturated carbocycles. The molecule has 16 heavy (non-hydrogen) atoms. The topological polar surface area (TPSA) is 3.24 Å². The molecule has 0 bridgehead atoms. The summed E-state index contributed by atoms with van der Waals surface area (Å²) in [5.41, 5.74) is 0. The zero-order valence-corrected chi connectivity index (χ0v) is 12.3. The highest BCUT2D eigenvalue weighted by Gasteiger charge is 2.10. The largest absolute Gasteiger partial charge is 0.329 e. The second-order valence-corrected chi connectivity index (χ2v) is 5.42. The highest BCUT2D eigenvalue weighted by Crippen LogP contribution is 2.06. The lowest BCUT2D eigenvalue weighted by Gasteiger charge is -2.28. The van der Waals surface area contributed by atoms with Gasteiger partial charge in [-0.1, -0.05) is 20.3 Å². The Balaban J connectivity index is 3.34. The molecule has 2 nitrogen and oxygen atoms in total. The summed E-state index contributed by atoms with van der Waals surface area (Å²) >= 11 is 0. The van der Waals surface area contributed by atoms with Crippen LogP contribution in [0.25, 0.3) is 0 Å². The Morgan fingerprint density at radius 2 is 1.38 bits per heavy atom. The molecule has 2 heteroatoms. The summed E-state index contributed by atoms with van der Waals surface area (Å²) in [7, 11) is 4.66. The van der Waals surface area contributed by atoms with Crippen LogP contribution in [0.15, 0.2) is 0 Å². The van der Waals surface area contributed by atoms with Crippen molar-refractivity contribution in [3.63, 3.8) is 0 Å². The molecule has 0 radical (unpaired) electrons. The molecule has 0 aromatic heterocycles. The van der Waals surface area contributed by atoms with Gasteiger partial charge in [-0.05, 0) is 45.8 Å². The minimum absolute atomic E-state index is 1.18. The molecule has 0 aliphatic carbocycles. The van der Waals surface area contributed by atoms with Crippen LogP contribution < -0.4 is 0 Å². The van der Waals surface area contributed by atoms with Gasteiger partial charge in [0, 0.05) is 0 Å². The van der Waals surface area contributed by atoms with E-state index in [1.807, 2.05) is 0 Å². The van der Waals surface area contributed by atoms with E-state index in [1.54, 1.807) is 0 Å². The van der Waals surface area contributed by atoms with E-state index in [9.17, 15) is 0 Å². The Bertz CT molecular complexity index is 151. The first-order valence-corrected chi connectivity index (χ1v) is 7.10. The molecule has 0 aromatic carbocycles. The molecule has 0 N–H and O–H groups in total. The smallest absolute Gasteiger partial charge is 0.0782 e. The molecule has 0 fully saturated rings. The summed E-state index contributed by atoms with van der Waals surface area (Å²) in [6, 6.07) is 0. The Kier molecular flexibility index (Phi) is 8.96. The van der Waals surface area contributed by atoms with Crippen molar-refractivity contribution in [2.75, 3.05) is 46.8 Å². The summed E-state index contributed by atoms with van der Waals surface area (Å²) in [6.45, 7) is 13.1. The third kappa shape index (κ3) is 8.12. The molecule has 0 heterocycles. The van der Waals surface area contributed by atoms with Crippen LogP contribution in [0.1, 0.15) is 46.5 Å². The van der Waals surface area contributed by atoms with Gasteiger partial charge in [0.15, 0.2) is 0 Å². The molecule has 0 unspecified atom stereocenters. The van der Waals surface area contributed by atoms with Crippen LogP contribution in [0.2, 0.25) is 0 Å². The van der Waals surface area contributed by atoms with E-state index in [4.69, 9.17) is 0 Å². The molecule has 0 rings (SSSR count). The Hall–Kier alpha value is -0.0800. The van der Waals surface area contributed by atoms with Crippen LogP contribution in [0.5, 0.6) is 0 Å². The lowest BCUT2D eigenvalue weighted by atomic mass is 10.1. The number of rotatable bonds is 10. The Morgan fingerprint density at radius 3 is 1.88 bits per heavy atom. The molecule has 98 valence electrons. The van der Waals surface area contributed by atoms with Crippen molar-refractivity contribution in [2.24, 2.45) is 0 Å². The first-order valence-electron chi connectivity index (χ1n) is 7.10. The molecule has 0 aliphatic heterocycles. The standard InChI is InChI=1S/C14H33N2/c1-6-15(7-2)13-11-9-10-12-14-16(4,5)8-3/h6-14H2,1-5H3/q+1. The lowest BCUT2D eigenvalue weighted by Crippen LogP contribution is -2.39. The monoisotopic (exact) mass is 229 g/mol. The Morgan fingerprint density at radius 1 is 0.812 bits per heavy atom. The maximum absolute atomic E-state index is 2.52. The molecule has 0 spiro atoms. The summed E-state index contributed by atoms with van der Waals surface area (Å²) in [5.74, 6) is 0. The van der Waals surface area contributed by atoms with E-state index in [-0.39, 0.29) is 0 Å². The molecule has 0 atom stereocenters. The second-order valence-electron chi connectivity index (χ2n) is 5.42. The fourth-order valence-corrected chi connectivity index (χ4v) is 1.93.